The Morgan fingerprint density at radius 2 is 2.39 bits per heavy atom. The maximum absolute atomic E-state index is 11.9. The van der Waals surface area contributed by atoms with Gasteiger partial charge in [0.1, 0.15) is 0 Å². The van der Waals surface area contributed by atoms with E-state index in [9.17, 15) is 9.59 Å². The summed E-state index contributed by atoms with van der Waals surface area (Å²) in [7, 11) is 0. The van der Waals surface area contributed by atoms with Crippen molar-refractivity contribution >= 4 is 17.7 Å². The summed E-state index contributed by atoms with van der Waals surface area (Å²) in [5, 5.41) is 15.6. The summed E-state index contributed by atoms with van der Waals surface area (Å²) in [4.78, 5) is 24.2. The smallest absolute Gasteiger partial charge is 0.321 e. The van der Waals surface area contributed by atoms with Crippen LogP contribution in [-0.2, 0) is 11.3 Å². The molecule has 0 radical (unpaired) electrons. The molecule has 18 heavy (non-hydrogen) atoms. The average molecular weight is 252 g/mol. The van der Waals surface area contributed by atoms with Gasteiger partial charge >= 0.3 is 12.0 Å². The van der Waals surface area contributed by atoms with Crippen molar-refractivity contribution in [1.29, 1.82) is 0 Å². The van der Waals surface area contributed by atoms with Gasteiger partial charge < -0.3 is 15.3 Å². The number of nitrogens with one attached hydrogen (secondary N) is 1. The Morgan fingerprint density at radius 1 is 1.61 bits per heavy atom. The first-order chi connectivity index (χ1) is 8.60. The lowest BCUT2D eigenvalue weighted by Crippen LogP contribution is -2.33. The van der Waals surface area contributed by atoms with Crippen LogP contribution in [0.3, 0.4) is 0 Å². The molecule has 0 saturated carbocycles. The molecule has 0 aliphatic carbocycles. The number of likely N-dealkylation sites (tertiary alicyclic amines) is 1. The van der Waals surface area contributed by atoms with Crippen LogP contribution in [0.1, 0.15) is 13.3 Å². The number of aromatic nitrogens is 2. The van der Waals surface area contributed by atoms with Crippen LogP contribution in [0.25, 0.3) is 0 Å². The van der Waals surface area contributed by atoms with Crippen molar-refractivity contribution in [2.75, 3.05) is 18.4 Å². The number of rotatable bonds is 3. The quantitative estimate of drug-likeness (QED) is 0.834. The minimum absolute atomic E-state index is 0.267. The molecule has 1 aliphatic rings. The van der Waals surface area contributed by atoms with Crippen LogP contribution in [0.4, 0.5) is 10.5 Å². The Labute approximate surface area is 104 Å². The zero-order valence-corrected chi connectivity index (χ0v) is 10.2. The summed E-state index contributed by atoms with van der Waals surface area (Å²) in [6.45, 7) is 3.44. The van der Waals surface area contributed by atoms with Gasteiger partial charge in [-0.1, -0.05) is 0 Å². The van der Waals surface area contributed by atoms with Crippen molar-refractivity contribution in [2.45, 2.75) is 19.9 Å². The van der Waals surface area contributed by atoms with Crippen molar-refractivity contribution < 1.29 is 14.7 Å². The van der Waals surface area contributed by atoms with Crippen LogP contribution in [0.5, 0.6) is 0 Å². The molecule has 1 fully saturated rings. The fourth-order valence-electron chi connectivity index (χ4n) is 1.95. The minimum Gasteiger partial charge on any atom is -0.481 e. The highest BCUT2D eigenvalue weighted by molar-refractivity contribution is 5.89. The van der Waals surface area contributed by atoms with Gasteiger partial charge in [0.05, 0.1) is 17.8 Å². The van der Waals surface area contributed by atoms with Gasteiger partial charge in [-0.3, -0.25) is 9.48 Å². The molecule has 0 bridgehead atoms. The Bertz CT molecular complexity index is 457. The van der Waals surface area contributed by atoms with Crippen molar-refractivity contribution in [1.82, 2.24) is 14.7 Å². The van der Waals surface area contributed by atoms with Crippen molar-refractivity contribution in [3.63, 3.8) is 0 Å². The first kappa shape index (κ1) is 12.4. The molecule has 2 heterocycles. The molecule has 1 saturated heterocycles. The number of carboxylic acid groups (broad SMARTS) is 1. The number of carbonyl (C=O) groups is 2. The molecule has 0 aromatic carbocycles. The largest absolute Gasteiger partial charge is 0.481 e. The van der Waals surface area contributed by atoms with Crippen LogP contribution < -0.4 is 5.32 Å². The molecule has 0 spiro atoms. The van der Waals surface area contributed by atoms with E-state index in [0.717, 1.165) is 6.54 Å². The second-order valence-corrected chi connectivity index (χ2v) is 4.28. The Balaban J connectivity index is 1.91. The topological polar surface area (TPSA) is 87.5 Å². The molecule has 7 heteroatoms. The lowest BCUT2D eigenvalue weighted by Gasteiger charge is -2.15. The zero-order valence-electron chi connectivity index (χ0n) is 10.2. The SMILES string of the molecule is CCn1cc(NC(=O)N2CCC(C(=O)O)C2)cn1. The van der Waals surface area contributed by atoms with Gasteiger partial charge in [-0.15, -0.1) is 0 Å². The highest BCUT2D eigenvalue weighted by Gasteiger charge is 2.30. The third-order valence-electron chi connectivity index (χ3n) is 3.03. The molecule has 2 rings (SSSR count). The molecule has 1 unspecified atom stereocenters. The second-order valence-electron chi connectivity index (χ2n) is 4.28. The number of amides is 2. The fraction of sp³-hybridized carbons (Fsp3) is 0.545. The van der Waals surface area contributed by atoms with Gasteiger partial charge in [0.15, 0.2) is 0 Å². The third kappa shape index (κ3) is 2.61. The summed E-state index contributed by atoms with van der Waals surface area (Å²) in [5.74, 6) is -1.29. The maximum atomic E-state index is 11.9. The number of anilines is 1. The standard InChI is InChI=1S/C11H16N4O3/c1-2-15-7-9(5-12-15)13-11(18)14-4-3-8(6-14)10(16)17/h5,7-8H,2-4,6H2,1H3,(H,13,18)(H,16,17). The molecule has 1 aromatic rings. The number of urea groups is 1. The number of carbonyl (C=O) groups excluding carboxylic acids is 1. The Hall–Kier alpha value is -2.05. The van der Waals surface area contributed by atoms with Gasteiger partial charge in [0.2, 0.25) is 0 Å². The highest BCUT2D eigenvalue weighted by atomic mass is 16.4. The lowest BCUT2D eigenvalue weighted by atomic mass is 10.1. The van der Waals surface area contributed by atoms with Gasteiger partial charge in [0, 0.05) is 25.8 Å². The Kier molecular flexibility index (Phi) is 3.50. The normalized spacial score (nSPS) is 18.9. The predicted octanol–water partition coefficient (Wildman–Crippen LogP) is 0.841. The summed E-state index contributed by atoms with van der Waals surface area (Å²) >= 11 is 0. The Morgan fingerprint density at radius 3 is 2.94 bits per heavy atom. The summed E-state index contributed by atoms with van der Waals surface area (Å²) < 4.78 is 1.71. The summed E-state index contributed by atoms with van der Waals surface area (Å²) in [6.07, 6.45) is 3.83. The van der Waals surface area contributed by atoms with E-state index >= 15 is 0 Å². The summed E-state index contributed by atoms with van der Waals surface area (Å²) in [5.41, 5.74) is 0.626. The highest BCUT2D eigenvalue weighted by Crippen LogP contribution is 2.17. The van der Waals surface area contributed by atoms with E-state index < -0.39 is 11.9 Å². The molecule has 2 N–H and O–H groups in total. The minimum atomic E-state index is -0.843. The average Bonchev–Trinajstić information content (AvgIpc) is 2.97. The van der Waals surface area contributed by atoms with Crippen LogP contribution in [-0.4, -0.2) is 44.9 Å². The van der Waals surface area contributed by atoms with Crippen LogP contribution in [0.15, 0.2) is 12.4 Å². The second kappa shape index (κ2) is 5.07. The number of aliphatic carboxylic acids is 1. The number of carboxylic acids is 1. The fourth-order valence-corrected chi connectivity index (χ4v) is 1.95. The van der Waals surface area contributed by atoms with E-state index in [1.54, 1.807) is 17.1 Å². The van der Waals surface area contributed by atoms with Crippen LogP contribution >= 0.6 is 0 Å². The van der Waals surface area contributed by atoms with Crippen LogP contribution in [0.2, 0.25) is 0 Å². The maximum Gasteiger partial charge on any atom is 0.321 e. The number of nitrogens with zero attached hydrogens (tertiary/aromatic N) is 3. The molecule has 7 nitrogen and oxygen atoms in total. The third-order valence-corrected chi connectivity index (χ3v) is 3.03. The van der Waals surface area contributed by atoms with Crippen LogP contribution in [0, 0.1) is 5.92 Å². The van der Waals surface area contributed by atoms with Crippen molar-refractivity contribution in [3.05, 3.63) is 12.4 Å². The first-order valence-corrected chi connectivity index (χ1v) is 5.91. The summed E-state index contributed by atoms with van der Waals surface area (Å²) in [6, 6.07) is -0.269. The molecule has 1 aromatic heterocycles. The van der Waals surface area contributed by atoms with Gasteiger partial charge in [-0.2, -0.15) is 5.10 Å². The van der Waals surface area contributed by atoms with E-state index in [2.05, 4.69) is 10.4 Å². The van der Waals surface area contributed by atoms with Gasteiger partial charge in [0.25, 0.3) is 0 Å². The molecular weight excluding hydrogens is 236 g/mol. The van der Waals surface area contributed by atoms with Crippen molar-refractivity contribution in [2.24, 2.45) is 5.92 Å². The number of aryl methyl sites for hydroxylation is 1. The van der Waals surface area contributed by atoms with Gasteiger partial charge in [-0.25, -0.2) is 4.79 Å². The number of hydrogen-bond donors (Lipinski definition) is 2. The molecule has 1 aliphatic heterocycles. The molecule has 98 valence electrons. The predicted molar refractivity (Wildman–Crippen MR) is 64.2 cm³/mol. The molecule has 2 amide bonds. The molecular formula is C11H16N4O3. The van der Waals surface area contributed by atoms with E-state index in [0.29, 0.717) is 18.7 Å². The van der Waals surface area contributed by atoms with E-state index in [-0.39, 0.29) is 12.6 Å². The molecule has 1 atom stereocenters. The first-order valence-electron chi connectivity index (χ1n) is 5.91. The van der Waals surface area contributed by atoms with Crippen molar-refractivity contribution in [3.8, 4) is 0 Å². The van der Waals surface area contributed by atoms with E-state index in [1.807, 2.05) is 6.92 Å². The van der Waals surface area contributed by atoms with E-state index in [4.69, 9.17) is 5.11 Å². The zero-order chi connectivity index (χ0) is 13.1. The lowest BCUT2D eigenvalue weighted by molar-refractivity contribution is -0.141. The van der Waals surface area contributed by atoms with Gasteiger partial charge in [-0.05, 0) is 13.3 Å². The number of hydrogen-bond acceptors (Lipinski definition) is 3. The van der Waals surface area contributed by atoms with E-state index in [1.165, 1.54) is 4.90 Å². The monoisotopic (exact) mass is 252 g/mol.